The van der Waals surface area contributed by atoms with Gasteiger partial charge in [0.25, 0.3) is 0 Å². The third-order valence-corrected chi connectivity index (χ3v) is 3.28. The van der Waals surface area contributed by atoms with Crippen molar-refractivity contribution in [3.8, 4) is 0 Å². The molecular formula is C13H24N2O4. The van der Waals surface area contributed by atoms with Crippen LogP contribution in [0.25, 0.3) is 0 Å². The standard InChI is InChI=1S/C13H24N2O4/c1-8(13(2,3)4)7-11(17)15-9(12(18)19)5-6-10(14)16/h8-9H,5-7H2,1-4H3,(H2,14,16)(H,15,17)(H,18,19)/t8?,9-/m0/s1. The van der Waals surface area contributed by atoms with Crippen LogP contribution in [0.3, 0.4) is 0 Å². The normalized spacial score (nSPS) is 14.5. The molecule has 4 N–H and O–H groups in total. The van der Waals surface area contributed by atoms with Gasteiger partial charge in [-0.1, -0.05) is 27.7 Å². The summed E-state index contributed by atoms with van der Waals surface area (Å²) >= 11 is 0. The Hall–Kier alpha value is -1.59. The van der Waals surface area contributed by atoms with E-state index in [0.29, 0.717) is 0 Å². The SMILES string of the molecule is CC(CC(=O)N[C@@H](CCC(N)=O)C(=O)O)C(C)(C)C. The van der Waals surface area contributed by atoms with Crippen LogP contribution in [0.5, 0.6) is 0 Å². The first-order valence-electron chi connectivity index (χ1n) is 6.34. The van der Waals surface area contributed by atoms with E-state index in [4.69, 9.17) is 10.8 Å². The van der Waals surface area contributed by atoms with Crippen LogP contribution in [0.1, 0.15) is 47.0 Å². The van der Waals surface area contributed by atoms with Crippen molar-refractivity contribution in [1.82, 2.24) is 5.32 Å². The number of carbonyl (C=O) groups is 3. The van der Waals surface area contributed by atoms with Gasteiger partial charge in [0.1, 0.15) is 6.04 Å². The van der Waals surface area contributed by atoms with Gasteiger partial charge in [-0.25, -0.2) is 4.79 Å². The molecule has 6 heteroatoms. The van der Waals surface area contributed by atoms with Crippen LogP contribution in [0.4, 0.5) is 0 Å². The zero-order chi connectivity index (χ0) is 15.2. The first kappa shape index (κ1) is 17.4. The maximum absolute atomic E-state index is 11.8. The van der Waals surface area contributed by atoms with Gasteiger partial charge in [-0.2, -0.15) is 0 Å². The number of hydrogen-bond acceptors (Lipinski definition) is 3. The van der Waals surface area contributed by atoms with Gasteiger partial charge in [0.2, 0.25) is 11.8 Å². The van der Waals surface area contributed by atoms with E-state index in [1.165, 1.54) is 0 Å². The maximum Gasteiger partial charge on any atom is 0.326 e. The highest BCUT2D eigenvalue weighted by Crippen LogP contribution is 2.27. The number of rotatable bonds is 7. The van der Waals surface area contributed by atoms with E-state index < -0.39 is 17.9 Å². The summed E-state index contributed by atoms with van der Waals surface area (Å²) in [5.41, 5.74) is 4.94. The van der Waals surface area contributed by atoms with Gasteiger partial charge >= 0.3 is 5.97 Å². The van der Waals surface area contributed by atoms with E-state index in [2.05, 4.69) is 5.32 Å². The number of nitrogens with one attached hydrogen (secondary N) is 1. The van der Waals surface area contributed by atoms with Crippen molar-refractivity contribution in [2.24, 2.45) is 17.1 Å². The van der Waals surface area contributed by atoms with Crippen LogP contribution < -0.4 is 11.1 Å². The molecule has 0 fully saturated rings. The number of amides is 2. The fraction of sp³-hybridized carbons (Fsp3) is 0.769. The molecule has 0 aromatic heterocycles. The van der Waals surface area contributed by atoms with Gasteiger partial charge in [0.05, 0.1) is 0 Å². The van der Waals surface area contributed by atoms with E-state index in [0.717, 1.165) is 0 Å². The third kappa shape index (κ3) is 7.43. The van der Waals surface area contributed by atoms with Crippen LogP contribution in [0, 0.1) is 11.3 Å². The largest absolute Gasteiger partial charge is 0.480 e. The Labute approximate surface area is 113 Å². The molecule has 0 rings (SSSR count). The number of carboxylic acid groups (broad SMARTS) is 1. The Morgan fingerprint density at radius 2 is 1.79 bits per heavy atom. The molecule has 0 aliphatic heterocycles. The Morgan fingerprint density at radius 3 is 2.16 bits per heavy atom. The van der Waals surface area contributed by atoms with Crippen LogP contribution in [0.15, 0.2) is 0 Å². The molecule has 0 aromatic carbocycles. The lowest BCUT2D eigenvalue weighted by Gasteiger charge is -2.27. The van der Waals surface area contributed by atoms with Crippen molar-refractivity contribution in [3.05, 3.63) is 0 Å². The van der Waals surface area contributed by atoms with E-state index in [9.17, 15) is 14.4 Å². The molecule has 2 amide bonds. The van der Waals surface area contributed by atoms with E-state index >= 15 is 0 Å². The van der Waals surface area contributed by atoms with Gasteiger partial charge in [-0.05, 0) is 17.8 Å². The lowest BCUT2D eigenvalue weighted by molar-refractivity contribution is -0.142. The molecule has 0 spiro atoms. The minimum Gasteiger partial charge on any atom is -0.480 e. The molecule has 19 heavy (non-hydrogen) atoms. The van der Waals surface area contributed by atoms with Crippen molar-refractivity contribution in [1.29, 1.82) is 0 Å². The second-order valence-corrected chi connectivity index (χ2v) is 5.93. The smallest absolute Gasteiger partial charge is 0.326 e. The van der Waals surface area contributed by atoms with Gasteiger partial charge in [0, 0.05) is 12.8 Å². The average molecular weight is 272 g/mol. The molecule has 0 aromatic rings. The molecule has 0 saturated heterocycles. The number of primary amides is 1. The molecule has 0 aliphatic rings. The molecule has 1 unspecified atom stereocenters. The summed E-state index contributed by atoms with van der Waals surface area (Å²) in [6.07, 6.45) is 0.205. The van der Waals surface area contributed by atoms with Crippen molar-refractivity contribution in [2.45, 2.75) is 53.0 Å². The molecule has 110 valence electrons. The molecule has 6 nitrogen and oxygen atoms in total. The quantitative estimate of drug-likeness (QED) is 0.639. The third-order valence-electron chi connectivity index (χ3n) is 3.28. The molecular weight excluding hydrogens is 248 g/mol. The summed E-state index contributed by atoms with van der Waals surface area (Å²) in [7, 11) is 0. The van der Waals surface area contributed by atoms with Gasteiger partial charge in [-0.15, -0.1) is 0 Å². The molecule has 0 heterocycles. The average Bonchev–Trinajstić information content (AvgIpc) is 2.21. The van der Waals surface area contributed by atoms with Crippen molar-refractivity contribution in [2.75, 3.05) is 0 Å². The topological polar surface area (TPSA) is 109 Å². The number of hydrogen-bond donors (Lipinski definition) is 3. The number of carbonyl (C=O) groups excluding carboxylic acids is 2. The predicted octanol–water partition coefficient (Wildman–Crippen LogP) is 0.894. The van der Waals surface area contributed by atoms with E-state index in [1.807, 2.05) is 27.7 Å². The minimum atomic E-state index is -1.15. The highest BCUT2D eigenvalue weighted by atomic mass is 16.4. The van der Waals surface area contributed by atoms with Crippen LogP contribution >= 0.6 is 0 Å². The monoisotopic (exact) mass is 272 g/mol. The molecule has 0 aliphatic carbocycles. The zero-order valence-electron chi connectivity index (χ0n) is 12.0. The molecule has 0 radical (unpaired) electrons. The summed E-state index contributed by atoms with van der Waals surface area (Å²) in [4.78, 5) is 33.4. The highest BCUT2D eigenvalue weighted by molar-refractivity contribution is 5.84. The fourth-order valence-corrected chi connectivity index (χ4v) is 1.38. The number of carboxylic acids is 1. The van der Waals surface area contributed by atoms with Gasteiger partial charge < -0.3 is 16.2 Å². The summed E-state index contributed by atoms with van der Waals surface area (Å²) in [6, 6.07) is -1.06. The minimum absolute atomic E-state index is 0.0142. The Bertz CT molecular complexity index is 347. The van der Waals surface area contributed by atoms with Crippen molar-refractivity contribution >= 4 is 17.8 Å². The Kier molecular flexibility index (Phi) is 6.52. The van der Waals surface area contributed by atoms with Crippen molar-refractivity contribution < 1.29 is 19.5 Å². The number of aliphatic carboxylic acids is 1. The Balaban J connectivity index is 4.40. The highest BCUT2D eigenvalue weighted by Gasteiger charge is 2.25. The molecule has 2 atom stereocenters. The lowest BCUT2D eigenvalue weighted by Crippen LogP contribution is -2.42. The zero-order valence-corrected chi connectivity index (χ0v) is 12.0. The summed E-state index contributed by atoms with van der Waals surface area (Å²) < 4.78 is 0. The Morgan fingerprint density at radius 1 is 1.26 bits per heavy atom. The van der Waals surface area contributed by atoms with E-state index in [1.54, 1.807) is 0 Å². The maximum atomic E-state index is 11.8. The second-order valence-electron chi connectivity index (χ2n) is 5.93. The lowest BCUT2D eigenvalue weighted by atomic mass is 9.80. The summed E-state index contributed by atoms with van der Waals surface area (Å²) in [5, 5.41) is 11.4. The van der Waals surface area contributed by atoms with Crippen LogP contribution in [-0.2, 0) is 14.4 Å². The fourth-order valence-electron chi connectivity index (χ4n) is 1.38. The van der Waals surface area contributed by atoms with E-state index in [-0.39, 0.29) is 36.5 Å². The van der Waals surface area contributed by atoms with Crippen molar-refractivity contribution in [3.63, 3.8) is 0 Å². The summed E-state index contributed by atoms with van der Waals surface area (Å²) in [5.74, 6) is -1.93. The predicted molar refractivity (Wildman–Crippen MR) is 71.2 cm³/mol. The second kappa shape index (κ2) is 7.11. The number of nitrogens with two attached hydrogens (primary N) is 1. The summed E-state index contributed by atoms with van der Waals surface area (Å²) in [6.45, 7) is 8.00. The first-order chi connectivity index (χ1) is 8.54. The molecule has 0 saturated carbocycles. The van der Waals surface area contributed by atoms with Gasteiger partial charge in [-0.3, -0.25) is 9.59 Å². The van der Waals surface area contributed by atoms with Crippen LogP contribution in [-0.4, -0.2) is 28.9 Å². The van der Waals surface area contributed by atoms with Crippen LogP contribution in [0.2, 0.25) is 0 Å². The molecule has 0 bridgehead atoms. The first-order valence-corrected chi connectivity index (χ1v) is 6.34. The van der Waals surface area contributed by atoms with Gasteiger partial charge in [0.15, 0.2) is 0 Å².